The topological polar surface area (TPSA) is 43.1 Å². The number of carbonyl (C=O) groups is 1. The van der Waals surface area contributed by atoms with Gasteiger partial charge < -0.3 is 5.73 Å². The van der Waals surface area contributed by atoms with Crippen molar-refractivity contribution in [1.82, 2.24) is 0 Å². The molecule has 0 aliphatic carbocycles. The molecule has 18 heavy (non-hydrogen) atoms. The zero-order valence-electron chi connectivity index (χ0n) is 9.49. The minimum absolute atomic E-state index is 0.121. The zero-order chi connectivity index (χ0) is 13.1. The van der Waals surface area contributed by atoms with Gasteiger partial charge in [0.2, 0.25) is 0 Å². The van der Waals surface area contributed by atoms with Crippen molar-refractivity contribution < 1.29 is 9.18 Å². The van der Waals surface area contributed by atoms with E-state index in [1.807, 2.05) is 0 Å². The van der Waals surface area contributed by atoms with Gasteiger partial charge in [0.15, 0.2) is 5.78 Å². The Hall–Kier alpha value is -1.87. The van der Waals surface area contributed by atoms with Crippen molar-refractivity contribution in [2.45, 2.75) is 6.42 Å². The van der Waals surface area contributed by atoms with Crippen LogP contribution in [0, 0.1) is 5.82 Å². The van der Waals surface area contributed by atoms with Gasteiger partial charge in [-0.1, -0.05) is 23.7 Å². The summed E-state index contributed by atoms with van der Waals surface area (Å²) in [6.07, 6.45) is 0.138. The highest BCUT2D eigenvalue weighted by molar-refractivity contribution is 6.33. The third-order valence-electron chi connectivity index (χ3n) is 2.57. The van der Waals surface area contributed by atoms with Crippen molar-refractivity contribution in [3.63, 3.8) is 0 Å². The Balaban J connectivity index is 2.19. The Morgan fingerprint density at radius 2 is 2.00 bits per heavy atom. The molecule has 2 rings (SSSR count). The molecule has 2 aromatic carbocycles. The standard InChI is InChI=1S/C14H11ClFNO/c15-12-5-4-10(8-13(12)17)14(18)7-9-2-1-3-11(16)6-9/h1-6,8H,7,17H2. The molecule has 92 valence electrons. The molecular weight excluding hydrogens is 253 g/mol. The van der Waals surface area contributed by atoms with E-state index in [0.717, 1.165) is 0 Å². The van der Waals surface area contributed by atoms with Crippen molar-refractivity contribution in [2.75, 3.05) is 5.73 Å². The van der Waals surface area contributed by atoms with E-state index in [1.54, 1.807) is 24.3 Å². The van der Waals surface area contributed by atoms with Crippen molar-refractivity contribution >= 4 is 23.1 Å². The lowest BCUT2D eigenvalue weighted by Gasteiger charge is -2.04. The molecule has 2 nitrogen and oxygen atoms in total. The van der Waals surface area contributed by atoms with Crippen LogP contribution in [0.5, 0.6) is 0 Å². The predicted molar refractivity (Wildman–Crippen MR) is 70.3 cm³/mol. The molecule has 0 amide bonds. The summed E-state index contributed by atoms with van der Waals surface area (Å²) < 4.78 is 13.0. The normalized spacial score (nSPS) is 10.3. The smallest absolute Gasteiger partial charge is 0.167 e. The molecule has 2 N–H and O–H groups in total. The summed E-state index contributed by atoms with van der Waals surface area (Å²) in [7, 11) is 0. The molecule has 0 saturated heterocycles. The molecule has 0 atom stereocenters. The minimum atomic E-state index is -0.351. The van der Waals surface area contributed by atoms with Gasteiger partial charge in [0, 0.05) is 12.0 Å². The summed E-state index contributed by atoms with van der Waals surface area (Å²) in [5.74, 6) is -0.472. The van der Waals surface area contributed by atoms with Crippen molar-refractivity contribution in [3.05, 3.63) is 64.4 Å². The Kier molecular flexibility index (Phi) is 3.63. The third kappa shape index (κ3) is 2.87. The first-order valence-electron chi connectivity index (χ1n) is 5.39. The highest BCUT2D eigenvalue weighted by atomic mass is 35.5. The predicted octanol–water partition coefficient (Wildman–Crippen LogP) is 3.49. The highest BCUT2D eigenvalue weighted by Crippen LogP contribution is 2.20. The van der Waals surface area contributed by atoms with Gasteiger partial charge in [0.1, 0.15) is 5.82 Å². The van der Waals surface area contributed by atoms with Crippen LogP contribution in [0.15, 0.2) is 42.5 Å². The molecule has 0 fully saturated rings. The summed E-state index contributed by atoms with van der Waals surface area (Å²) in [6, 6.07) is 10.7. The van der Waals surface area contributed by atoms with E-state index in [2.05, 4.69) is 0 Å². The molecule has 0 radical (unpaired) electrons. The van der Waals surface area contributed by atoms with Crippen LogP contribution in [0.4, 0.5) is 10.1 Å². The molecule has 0 saturated carbocycles. The maximum atomic E-state index is 13.0. The average Bonchev–Trinajstić information content (AvgIpc) is 2.32. The molecule has 0 spiro atoms. The van der Waals surface area contributed by atoms with Crippen LogP contribution in [-0.2, 0) is 6.42 Å². The number of hydrogen-bond acceptors (Lipinski definition) is 2. The molecule has 0 aliphatic rings. The molecular formula is C14H11ClFNO. The maximum absolute atomic E-state index is 13.0. The average molecular weight is 264 g/mol. The Morgan fingerprint density at radius 1 is 1.22 bits per heavy atom. The molecule has 0 unspecified atom stereocenters. The number of benzene rings is 2. The third-order valence-corrected chi connectivity index (χ3v) is 2.92. The number of nitrogens with two attached hydrogens (primary N) is 1. The number of Topliss-reactive ketones (excluding diaryl/α,β-unsaturated/α-hetero) is 1. The van der Waals surface area contributed by atoms with E-state index in [1.165, 1.54) is 18.2 Å². The SMILES string of the molecule is Nc1cc(C(=O)Cc2cccc(F)c2)ccc1Cl. The summed E-state index contributed by atoms with van der Waals surface area (Å²) in [6.45, 7) is 0. The van der Waals surface area contributed by atoms with E-state index < -0.39 is 0 Å². The van der Waals surface area contributed by atoms with Crippen LogP contribution in [0.25, 0.3) is 0 Å². The lowest BCUT2D eigenvalue weighted by molar-refractivity contribution is 0.0993. The van der Waals surface area contributed by atoms with Crippen molar-refractivity contribution in [3.8, 4) is 0 Å². The lowest BCUT2D eigenvalue weighted by Crippen LogP contribution is -2.04. The first-order valence-corrected chi connectivity index (χ1v) is 5.77. The fourth-order valence-corrected chi connectivity index (χ4v) is 1.77. The van der Waals surface area contributed by atoms with E-state index in [-0.39, 0.29) is 18.0 Å². The monoisotopic (exact) mass is 263 g/mol. The van der Waals surface area contributed by atoms with E-state index in [0.29, 0.717) is 21.8 Å². The van der Waals surface area contributed by atoms with E-state index in [4.69, 9.17) is 17.3 Å². The molecule has 0 heterocycles. The second-order valence-electron chi connectivity index (χ2n) is 3.97. The molecule has 0 aliphatic heterocycles. The van der Waals surface area contributed by atoms with Gasteiger partial charge in [-0.2, -0.15) is 0 Å². The molecule has 4 heteroatoms. The van der Waals surface area contributed by atoms with Gasteiger partial charge in [0.05, 0.1) is 10.7 Å². The van der Waals surface area contributed by atoms with Gasteiger partial charge >= 0.3 is 0 Å². The first-order chi connectivity index (χ1) is 8.56. The minimum Gasteiger partial charge on any atom is -0.398 e. The van der Waals surface area contributed by atoms with Crippen LogP contribution in [0.2, 0.25) is 5.02 Å². The second kappa shape index (κ2) is 5.19. The quantitative estimate of drug-likeness (QED) is 0.680. The zero-order valence-corrected chi connectivity index (χ0v) is 10.2. The Morgan fingerprint density at radius 3 is 2.67 bits per heavy atom. The second-order valence-corrected chi connectivity index (χ2v) is 4.37. The Labute approximate surface area is 109 Å². The number of ketones is 1. The lowest BCUT2D eigenvalue weighted by atomic mass is 10.0. The molecule has 0 aromatic heterocycles. The van der Waals surface area contributed by atoms with Crippen LogP contribution in [0.3, 0.4) is 0 Å². The number of nitrogen functional groups attached to an aromatic ring is 1. The number of anilines is 1. The molecule has 2 aromatic rings. The largest absolute Gasteiger partial charge is 0.398 e. The fraction of sp³-hybridized carbons (Fsp3) is 0.0714. The van der Waals surface area contributed by atoms with Gasteiger partial charge in [-0.05, 0) is 35.9 Å². The Bertz CT molecular complexity index is 598. The van der Waals surface area contributed by atoms with Crippen LogP contribution in [0.1, 0.15) is 15.9 Å². The van der Waals surface area contributed by atoms with Crippen molar-refractivity contribution in [1.29, 1.82) is 0 Å². The number of halogens is 2. The highest BCUT2D eigenvalue weighted by Gasteiger charge is 2.09. The van der Waals surface area contributed by atoms with Gasteiger partial charge in [-0.15, -0.1) is 0 Å². The van der Waals surface area contributed by atoms with Gasteiger partial charge in [0.25, 0.3) is 0 Å². The summed E-state index contributed by atoms with van der Waals surface area (Å²) in [5, 5.41) is 0.414. The van der Waals surface area contributed by atoms with Crippen LogP contribution < -0.4 is 5.73 Å². The summed E-state index contributed by atoms with van der Waals surface area (Å²) >= 11 is 5.78. The number of hydrogen-bond donors (Lipinski definition) is 1. The summed E-state index contributed by atoms with van der Waals surface area (Å²) in [5.41, 5.74) is 7.10. The molecule has 0 bridgehead atoms. The van der Waals surface area contributed by atoms with E-state index in [9.17, 15) is 9.18 Å². The van der Waals surface area contributed by atoms with Crippen LogP contribution >= 0.6 is 11.6 Å². The maximum Gasteiger partial charge on any atom is 0.167 e. The number of rotatable bonds is 3. The fourth-order valence-electron chi connectivity index (χ4n) is 1.65. The van der Waals surface area contributed by atoms with E-state index >= 15 is 0 Å². The number of carbonyl (C=O) groups excluding carboxylic acids is 1. The summed E-state index contributed by atoms with van der Waals surface area (Å²) in [4.78, 5) is 12.0. The van der Waals surface area contributed by atoms with Crippen LogP contribution in [-0.4, -0.2) is 5.78 Å². The van der Waals surface area contributed by atoms with Gasteiger partial charge in [-0.3, -0.25) is 4.79 Å². The van der Waals surface area contributed by atoms with Crippen molar-refractivity contribution in [2.24, 2.45) is 0 Å². The first kappa shape index (κ1) is 12.6. The van der Waals surface area contributed by atoms with Gasteiger partial charge in [-0.25, -0.2) is 4.39 Å².